The van der Waals surface area contributed by atoms with Gasteiger partial charge in [-0.2, -0.15) is 0 Å². The first-order chi connectivity index (χ1) is 13.2. The molecule has 1 fully saturated rings. The highest BCUT2D eigenvalue weighted by molar-refractivity contribution is 5.92. The number of carbonyl (C=O) groups is 1. The normalized spacial score (nSPS) is 14.5. The van der Waals surface area contributed by atoms with Crippen LogP contribution in [0.25, 0.3) is 0 Å². The zero-order chi connectivity index (χ0) is 19.1. The standard InChI is InChI=1S/C21H28N4O2/c1-16-23-19(15-20(24-16)25-13-5-3-4-6-14-25)21(26)22-12-11-17-7-9-18(27-2)10-8-17/h7-10,15H,3-6,11-14H2,1-2H3,(H,22,26). The van der Waals surface area contributed by atoms with E-state index >= 15 is 0 Å². The fraction of sp³-hybridized carbons (Fsp3) is 0.476. The van der Waals surface area contributed by atoms with Gasteiger partial charge in [-0.05, 0) is 43.9 Å². The second-order valence-corrected chi connectivity index (χ2v) is 6.91. The zero-order valence-corrected chi connectivity index (χ0v) is 16.2. The molecule has 1 aliphatic heterocycles. The van der Waals surface area contributed by atoms with Gasteiger partial charge in [0.25, 0.3) is 5.91 Å². The van der Waals surface area contributed by atoms with Gasteiger partial charge < -0.3 is 15.0 Å². The van der Waals surface area contributed by atoms with Crippen LogP contribution in [-0.4, -0.2) is 42.6 Å². The molecule has 144 valence electrons. The number of hydrogen-bond donors (Lipinski definition) is 1. The van der Waals surface area contributed by atoms with Gasteiger partial charge in [0.1, 0.15) is 23.1 Å². The predicted molar refractivity (Wildman–Crippen MR) is 106 cm³/mol. The van der Waals surface area contributed by atoms with Crippen LogP contribution >= 0.6 is 0 Å². The number of aryl methyl sites for hydroxylation is 1. The highest BCUT2D eigenvalue weighted by atomic mass is 16.5. The summed E-state index contributed by atoms with van der Waals surface area (Å²) in [5, 5.41) is 2.97. The lowest BCUT2D eigenvalue weighted by atomic mass is 10.1. The summed E-state index contributed by atoms with van der Waals surface area (Å²) in [7, 11) is 1.65. The molecular weight excluding hydrogens is 340 g/mol. The van der Waals surface area contributed by atoms with Crippen molar-refractivity contribution in [1.29, 1.82) is 0 Å². The Morgan fingerprint density at radius 1 is 1.11 bits per heavy atom. The van der Waals surface area contributed by atoms with Gasteiger partial charge in [0.15, 0.2) is 0 Å². The molecule has 3 rings (SSSR count). The van der Waals surface area contributed by atoms with E-state index < -0.39 is 0 Å². The van der Waals surface area contributed by atoms with Crippen LogP contribution < -0.4 is 15.0 Å². The third-order valence-electron chi connectivity index (χ3n) is 4.85. The Kier molecular flexibility index (Phi) is 6.63. The van der Waals surface area contributed by atoms with E-state index in [1.54, 1.807) is 7.11 Å². The van der Waals surface area contributed by atoms with E-state index in [-0.39, 0.29) is 5.91 Å². The van der Waals surface area contributed by atoms with Gasteiger partial charge in [-0.1, -0.05) is 25.0 Å². The van der Waals surface area contributed by atoms with Gasteiger partial charge in [-0.15, -0.1) is 0 Å². The Labute approximate surface area is 161 Å². The molecule has 0 unspecified atom stereocenters. The lowest BCUT2D eigenvalue weighted by Gasteiger charge is -2.22. The zero-order valence-electron chi connectivity index (χ0n) is 16.2. The van der Waals surface area contributed by atoms with Crippen molar-refractivity contribution in [2.45, 2.75) is 39.0 Å². The minimum atomic E-state index is -0.148. The third-order valence-corrected chi connectivity index (χ3v) is 4.85. The fourth-order valence-corrected chi connectivity index (χ4v) is 3.33. The van der Waals surface area contributed by atoms with Crippen molar-refractivity contribution in [3.8, 4) is 5.75 Å². The number of ether oxygens (including phenoxy) is 1. The molecule has 0 saturated carbocycles. The smallest absolute Gasteiger partial charge is 0.270 e. The summed E-state index contributed by atoms with van der Waals surface area (Å²) in [6, 6.07) is 9.70. The van der Waals surface area contributed by atoms with Crippen LogP contribution in [-0.2, 0) is 6.42 Å². The molecule has 6 heteroatoms. The summed E-state index contributed by atoms with van der Waals surface area (Å²) >= 11 is 0. The fourth-order valence-electron chi connectivity index (χ4n) is 3.33. The van der Waals surface area contributed by atoms with Crippen LogP contribution in [0, 0.1) is 6.92 Å². The van der Waals surface area contributed by atoms with Gasteiger partial charge in [-0.3, -0.25) is 4.79 Å². The van der Waals surface area contributed by atoms with E-state index in [9.17, 15) is 4.79 Å². The molecule has 27 heavy (non-hydrogen) atoms. The molecule has 0 bridgehead atoms. The van der Waals surface area contributed by atoms with Crippen molar-refractivity contribution in [2.24, 2.45) is 0 Å². The SMILES string of the molecule is COc1ccc(CCNC(=O)c2cc(N3CCCCCC3)nc(C)n2)cc1. The van der Waals surface area contributed by atoms with Crippen molar-refractivity contribution >= 4 is 11.7 Å². The Morgan fingerprint density at radius 3 is 2.48 bits per heavy atom. The molecule has 0 radical (unpaired) electrons. The molecule has 1 aliphatic rings. The van der Waals surface area contributed by atoms with Crippen LogP contribution in [0.1, 0.15) is 47.6 Å². The molecule has 2 aromatic rings. The summed E-state index contributed by atoms with van der Waals surface area (Å²) in [5.74, 6) is 2.19. The van der Waals surface area contributed by atoms with Gasteiger partial charge in [0, 0.05) is 25.7 Å². The minimum absolute atomic E-state index is 0.148. The highest BCUT2D eigenvalue weighted by Crippen LogP contribution is 2.18. The first-order valence-electron chi connectivity index (χ1n) is 9.67. The number of aromatic nitrogens is 2. The predicted octanol–water partition coefficient (Wildman–Crippen LogP) is 3.15. The Balaban J connectivity index is 1.60. The molecule has 1 saturated heterocycles. The quantitative estimate of drug-likeness (QED) is 0.848. The van der Waals surface area contributed by atoms with Crippen LogP contribution in [0.4, 0.5) is 5.82 Å². The molecule has 0 spiro atoms. The lowest BCUT2D eigenvalue weighted by molar-refractivity contribution is 0.0948. The second kappa shape index (κ2) is 9.35. The van der Waals surface area contributed by atoms with E-state index in [4.69, 9.17) is 4.74 Å². The van der Waals surface area contributed by atoms with E-state index in [1.807, 2.05) is 37.3 Å². The van der Waals surface area contributed by atoms with Crippen LogP contribution in [0.15, 0.2) is 30.3 Å². The number of anilines is 1. The maximum atomic E-state index is 12.6. The molecule has 1 amide bonds. The van der Waals surface area contributed by atoms with Crippen molar-refractivity contribution < 1.29 is 9.53 Å². The van der Waals surface area contributed by atoms with E-state index in [0.29, 0.717) is 18.1 Å². The molecule has 1 aromatic heterocycles. The Hall–Kier alpha value is -2.63. The lowest BCUT2D eigenvalue weighted by Crippen LogP contribution is -2.29. The first kappa shape index (κ1) is 19.1. The average Bonchev–Trinajstić information content (AvgIpc) is 2.97. The van der Waals surface area contributed by atoms with Gasteiger partial charge in [0.2, 0.25) is 0 Å². The van der Waals surface area contributed by atoms with Crippen molar-refractivity contribution in [1.82, 2.24) is 15.3 Å². The average molecular weight is 368 g/mol. The first-order valence-corrected chi connectivity index (χ1v) is 9.67. The van der Waals surface area contributed by atoms with Crippen molar-refractivity contribution in [3.05, 3.63) is 47.4 Å². The number of methoxy groups -OCH3 is 1. The Bertz CT molecular complexity index is 753. The van der Waals surface area contributed by atoms with E-state index in [2.05, 4.69) is 20.2 Å². The van der Waals surface area contributed by atoms with Crippen LogP contribution in [0.5, 0.6) is 5.75 Å². The molecule has 0 atom stereocenters. The number of nitrogens with one attached hydrogen (secondary N) is 1. The Morgan fingerprint density at radius 2 is 1.81 bits per heavy atom. The topological polar surface area (TPSA) is 67.3 Å². The summed E-state index contributed by atoms with van der Waals surface area (Å²) in [4.78, 5) is 23.7. The van der Waals surface area contributed by atoms with Crippen LogP contribution in [0.3, 0.4) is 0 Å². The summed E-state index contributed by atoms with van der Waals surface area (Å²) in [6.45, 7) is 4.40. The number of carbonyl (C=O) groups excluding carboxylic acids is 1. The molecule has 1 N–H and O–H groups in total. The maximum Gasteiger partial charge on any atom is 0.270 e. The number of nitrogens with zero attached hydrogens (tertiary/aromatic N) is 3. The highest BCUT2D eigenvalue weighted by Gasteiger charge is 2.15. The molecule has 6 nitrogen and oxygen atoms in total. The van der Waals surface area contributed by atoms with E-state index in [0.717, 1.165) is 36.6 Å². The summed E-state index contributed by atoms with van der Waals surface area (Å²) in [6.07, 6.45) is 5.64. The number of amides is 1. The van der Waals surface area contributed by atoms with Crippen molar-refractivity contribution in [2.75, 3.05) is 31.6 Å². The van der Waals surface area contributed by atoms with Crippen LogP contribution in [0.2, 0.25) is 0 Å². The van der Waals surface area contributed by atoms with Gasteiger partial charge >= 0.3 is 0 Å². The number of rotatable bonds is 6. The third kappa shape index (κ3) is 5.42. The molecular formula is C21H28N4O2. The summed E-state index contributed by atoms with van der Waals surface area (Å²) in [5.41, 5.74) is 1.59. The molecule has 0 aliphatic carbocycles. The second-order valence-electron chi connectivity index (χ2n) is 6.91. The monoisotopic (exact) mass is 368 g/mol. The van der Waals surface area contributed by atoms with E-state index in [1.165, 1.54) is 25.7 Å². The minimum Gasteiger partial charge on any atom is -0.497 e. The molecule has 2 heterocycles. The van der Waals surface area contributed by atoms with Crippen molar-refractivity contribution in [3.63, 3.8) is 0 Å². The number of benzene rings is 1. The molecule has 1 aromatic carbocycles. The van der Waals surface area contributed by atoms with Gasteiger partial charge in [0.05, 0.1) is 7.11 Å². The largest absolute Gasteiger partial charge is 0.497 e. The number of hydrogen-bond acceptors (Lipinski definition) is 5. The summed E-state index contributed by atoms with van der Waals surface area (Å²) < 4.78 is 5.16. The van der Waals surface area contributed by atoms with Gasteiger partial charge in [-0.25, -0.2) is 9.97 Å². The maximum absolute atomic E-state index is 12.6.